The van der Waals surface area contributed by atoms with Crippen LogP contribution in [0.15, 0.2) is 24.3 Å². The van der Waals surface area contributed by atoms with Gasteiger partial charge in [-0.15, -0.1) is 0 Å². The van der Waals surface area contributed by atoms with Crippen molar-refractivity contribution in [3.8, 4) is 0 Å². The molecule has 0 heterocycles. The maximum absolute atomic E-state index is 12.0. The number of hydrogen-bond donors (Lipinski definition) is 3. The molecule has 7 heteroatoms. The predicted octanol–water partition coefficient (Wildman–Crippen LogP) is 2.29. The summed E-state index contributed by atoms with van der Waals surface area (Å²) in [6.07, 6.45) is 2.10. The lowest BCUT2D eigenvalue weighted by Crippen LogP contribution is -2.38. The lowest BCUT2D eigenvalue weighted by molar-refractivity contribution is -0.144. The molecule has 2 rings (SSSR count). The average Bonchev–Trinajstić information content (AvgIpc) is 2.55. The molecule has 6 nitrogen and oxygen atoms in total. The fraction of sp³-hybridized carbons (Fsp3) is 0.438. The Labute approximate surface area is 139 Å². The van der Waals surface area contributed by atoms with Crippen LogP contribution < -0.4 is 10.6 Å². The topological polar surface area (TPSA) is 95.5 Å². The quantitative estimate of drug-likeness (QED) is 0.767. The number of benzene rings is 1. The van der Waals surface area contributed by atoms with Crippen LogP contribution in [-0.2, 0) is 14.4 Å². The maximum atomic E-state index is 12.0. The molecule has 0 spiro atoms. The van der Waals surface area contributed by atoms with Crippen molar-refractivity contribution in [2.24, 2.45) is 11.8 Å². The molecule has 0 unspecified atom stereocenters. The molecule has 23 heavy (non-hydrogen) atoms. The van der Waals surface area contributed by atoms with Crippen LogP contribution in [0, 0.1) is 11.8 Å². The van der Waals surface area contributed by atoms with Gasteiger partial charge in [0.1, 0.15) is 0 Å². The Bertz CT molecular complexity index is 580. The van der Waals surface area contributed by atoms with Crippen molar-refractivity contribution < 1.29 is 19.5 Å². The lowest BCUT2D eigenvalue weighted by Gasteiger charge is -2.25. The molecule has 1 aliphatic rings. The van der Waals surface area contributed by atoms with E-state index in [9.17, 15) is 14.4 Å². The van der Waals surface area contributed by atoms with Crippen molar-refractivity contribution in [2.45, 2.75) is 25.7 Å². The van der Waals surface area contributed by atoms with E-state index in [0.717, 1.165) is 0 Å². The summed E-state index contributed by atoms with van der Waals surface area (Å²) in [7, 11) is 0. The third kappa shape index (κ3) is 5.25. The zero-order chi connectivity index (χ0) is 16.8. The van der Waals surface area contributed by atoms with Gasteiger partial charge in [-0.3, -0.25) is 14.4 Å². The summed E-state index contributed by atoms with van der Waals surface area (Å²) in [6.45, 7) is -0.111. The van der Waals surface area contributed by atoms with Gasteiger partial charge in [-0.1, -0.05) is 11.6 Å². The molecule has 1 aromatic carbocycles. The van der Waals surface area contributed by atoms with Gasteiger partial charge in [0, 0.05) is 16.6 Å². The van der Waals surface area contributed by atoms with Crippen molar-refractivity contribution in [3.63, 3.8) is 0 Å². The Morgan fingerprint density at radius 3 is 2.17 bits per heavy atom. The number of carboxylic acid groups (broad SMARTS) is 1. The first-order valence-electron chi connectivity index (χ1n) is 7.51. The molecule has 124 valence electrons. The van der Waals surface area contributed by atoms with E-state index in [0.29, 0.717) is 36.4 Å². The Morgan fingerprint density at radius 2 is 1.61 bits per heavy atom. The Kier molecular flexibility index (Phi) is 5.98. The minimum absolute atomic E-state index is 0.111. The van der Waals surface area contributed by atoms with Crippen LogP contribution in [0.3, 0.4) is 0 Å². The van der Waals surface area contributed by atoms with E-state index in [1.54, 1.807) is 24.3 Å². The van der Waals surface area contributed by atoms with Crippen molar-refractivity contribution in [1.82, 2.24) is 5.32 Å². The number of hydrogen-bond acceptors (Lipinski definition) is 3. The van der Waals surface area contributed by atoms with Gasteiger partial charge in [-0.2, -0.15) is 0 Å². The van der Waals surface area contributed by atoms with Crippen molar-refractivity contribution in [3.05, 3.63) is 29.3 Å². The molecule has 1 saturated carbocycles. The monoisotopic (exact) mass is 338 g/mol. The number of anilines is 1. The molecule has 1 aliphatic carbocycles. The van der Waals surface area contributed by atoms with Gasteiger partial charge in [0.05, 0.1) is 12.5 Å². The largest absolute Gasteiger partial charge is 0.481 e. The zero-order valence-corrected chi connectivity index (χ0v) is 13.3. The molecule has 2 amide bonds. The van der Waals surface area contributed by atoms with Gasteiger partial charge in [-0.25, -0.2) is 0 Å². The number of carbonyl (C=O) groups excluding carboxylic acids is 2. The highest BCUT2D eigenvalue weighted by Gasteiger charge is 2.29. The van der Waals surface area contributed by atoms with Crippen LogP contribution >= 0.6 is 11.6 Å². The van der Waals surface area contributed by atoms with Crippen LogP contribution in [0.1, 0.15) is 25.7 Å². The van der Waals surface area contributed by atoms with E-state index in [1.165, 1.54) is 0 Å². The molecular formula is C16H19ClN2O4. The number of carboxylic acids is 1. The van der Waals surface area contributed by atoms with Crippen molar-refractivity contribution in [1.29, 1.82) is 0 Å². The van der Waals surface area contributed by atoms with E-state index < -0.39 is 5.97 Å². The summed E-state index contributed by atoms with van der Waals surface area (Å²) in [5.41, 5.74) is 0.607. The fourth-order valence-corrected chi connectivity index (χ4v) is 2.78. The summed E-state index contributed by atoms with van der Waals surface area (Å²) in [5.74, 6) is -1.88. The van der Waals surface area contributed by atoms with Crippen LogP contribution in [0.5, 0.6) is 0 Å². The molecule has 1 aromatic rings. The smallest absolute Gasteiger partial charge is 0.306 e. The van der Waals surface area contributed by atoms with Gasteiger partial charge in [-0.05, 0) is 49.9 Å². The standard InChI is InChI=1S/C16H19ClN2O4/c17-12-5-7-13(8-6-12)19-14(20)9-18-15(21)10-1-3-11(4-2-10)16(22)23/h5-8,10-11H,1-4,9H2,(H,18,21)(H,19,20)(H,22,23). The third-order valence-corrected chi connectivity index (χ3v) is 4.25. The van der Waals surface area contributed by atoms with Gasteiger partial charge < -0.3 is 15.7 Å². The van der Waals surface area contributed by atoms with Crippen molar-refractivity contribution >= 4 is 35.1 Å². The molecule has 0 saturated heterocycles. The second-order valence-corrected chi connectivity index (χ2v) is 6.10. The SMILES string of the molecule is O=C(CNC(=O)C1CCC(C(=O)O)CC1)Nc1ccc(Cl)cc1. The minimum Gasteiger partial charge on any atom is -0.481 e. The predicted molar refractivity (Wildman–Crippen MR) is 86.2 cm³/mol. The number of carbonyl (C=O) groups is 3. The third-order valence-electron chi connectivity index (χ3n) is 4.00. The molecule has 3 N–H and O–H groups in total. The summed E-state index contributed by atoms with van der Waals surface area (Å²) < 4.78 is 0. The van der Waals surface area contributed by atoms with Crippen LogP contribution in [-0.4, -0.2) is 29.4 Å². The van der Waals surface area contributed by atoms with Crippen LogP contribution in [0.25, 0.3) is 0 Å². The highest BCUT2D eigenvalue weighted by molar-refractivity contribution is 6.30. The number of rotatable bonds is 5. The maximum Gasteiger partial charge on any atom is 0.306 e. The first-order valence-corrected chi connectivity index (χ1v) is 7.89. The Hall–Kier alpha value is -2.08. The zero-order valence-electron chi connectivity index (χ0n) is 12.5. The fourth-order valence-electron chi connectivity index (χ4n) is 2.65. The number of halogens is 1. The second kappa shape index (κ2) is 7.97. The average molecular weight is 339 g/mol. The first-order chi connectivity index (χ1) is 11.0. The van der Waals surface area contributed by atoms with Gasteiger partial charge in [0.15, 0.2) is 0 Å². The van der Waals surface area contributed by atoms with E-state index in [1.807, 2.05) is 0 Å². The van der Waals surface area contributed by atoms with E-state index in [-0.39, 0.29) is 30.2 Å². The number of amides is 2. The van der Waals surface area contributed by atoms with Gasteiger partial charge in [0.25, 0.3) is 0 Å². The van der Waals surface area contributed by atoms with E-state index >= 15 is 0 Å². The molecule has 1 fully saturated rings. The summed E-state index contributed by atoms with van der Waals surface area (Å²) in [5, 5.41) is 14.8. The molecule has 0 bridgehead atoms. The minimum atomic E-state index is -0.800. The number of aliphatic carboxylic acids is 1. The van der Waals surface area contributed by atoms with Crippen LogP contribution in [0.4, 0.5) is 5.69 Å². The first kappa shape index (κ1) is 17.3. The van der Waals surface area contributed by atoms with Crippen LogP contribution in [0.2, 0.25) is 5.02 Å². The molecule has 0 aliphatic heterocycles. The Balaban J connectivity index is 1.73. The molecule has 0 radical (unpaired) electrons. The molecular weight excluding hydrogens is 320 g/mol. The van der Waals surface area contributed by atoms with Crippen molar-refractivity contribution in [2.75, 3.05) is 11.9 Å². The van der Waals surface area contributed by atoms with Gasteiger partial charge >= 0.3 is 5.97 Å². The normalized spacial score (nSPS) is 20.6. The number of nitrogens with one attached hydrogen (secondary N) is 2. The highest BCUT2D eigenvalue weighted by Crippen LogP contribution is 2.28. The summed E-state index contributed by atoms with van der Waals surface area (Å²) >= 11 is 5.76. The molecule has 0 aromatic heterocycles. The second-order valence-electron chi connectivity index (χ2n) is 5.66. The van der Waals surface area contributed by atoms with E-state index in [4.69, 9.17) is 16.7 Å². The van der Waals surface area contributed by atoms with E-state index in [2.05, 4.69) is 10.6 Å². The summed E-state index contributed by atoms with van der Waals surface area (Å²) in [6, 6.07) is 6.68. The lowest BCUT2D eigenvalue weighted by atomic mass is 9.81. The Morgan fingerprint density at radius 1 is 1.04 bits per heavy atom. The highest BCUT2D eigenvalue weighted by atomic mass is 35.5. The molecule has 0 atom stereocenters. The van der Waals surface area contributed by atoms with Gasteiger partial charge in [0.2, 0.25) is 11.8 Å². The summed E-state index contributed by atoms with van der Waals surface area (Å²) in [4.78, 5) is 34.7.